The van der Waals surface area contributed by atoms with Crippen LogP contribution in [0.15, 0.2) is 48.5 Å². The highest BCUT2D eigenvalue weighted by Crippen LogP contribution is 2.51. The van der Waals surface area contributed by atoms with E-state index in [0.717, 1.165) is 24.0 Å². The zero-order chi connectivity index (χ0) is 21.5. The van der Waals surface area contributed by atoms with Crippen molar-refractivity contribution in [2.45, 2.75) is 37.3 Å². The Hall–Kier alpha value is -2.10. The van der Waals surface area contributed by atoms with Crippen LogP contribution >= 0.6 is 0 Å². The molecule has 0 spiro atoms. The first kappa shape index (κ1) is 21.1. The van der Waals surface area contributed by atoms with Gasteiger partial charge in [0.1, 0.15) is 0 Å². The van der Waals surface area contributed by atoms with Crippen molar-refractivity contribution in [1.82, 2.24) is 0 Å². The summed E-state index contributed by atoms with van der Waals surface area (Å²) in [4.78, 5) is 0. The van der Waals surface area contributed by atoms with Crippen LogP contribution in [0, 0.1) is 5.92 Å². The van der Waals surface area contributed by atoms with Crippen LogP contribution < -0.4 is 5.32 Å². The summed E-state index contributed by atoms with van der Waals surface area (Å²) >= 11 is 0. The number of halogens is 3. The zero-order valence-corrected chi connectivity index (χ0v) is 17.0. The molecule has 0 saturated carbocycles. The Morgan fingerprint density at radius 3 is 2.53 bits per heavy atom. The monoisotopic (exact) mass is 441 g/mol. The lowest BCUT2D eigenvalue weighted by Gasteiger charge is -2.45. The van der Waals surface area contributed by atoms with Gasteiger partial charge in [0.25, 0.3) is 10.1 Å². The third-order valence-electron chi connectivity index (χ3n) is 5.60. The normalized spacial score (nSPS) is 26.4. The molecule has 2 aromatic carbocycles. The van der Waals surface area contributed by atoms with Gasteiger partial charge in [-0.05, 0) is 36.6 Å². The first-order valence-corrected chi connectivity index (χ1v) is 11.5. The van der Waals surface area contributed by atoms with E-state index in [1.165, 1.54) is 6.07 Å². The number of benzene rings is 2. The number of ether oxygens (including phenoxy) is 1. The Balaban J connectivity index is 1.69. The van der Waals surface area contributed by atoms with Gasteiger partial charge in [0.05, 0.1) is 36.7 Å². The summed E-state index contributed by atoms with van der Waals surface area (Å²) in [7, 11) is -3.63. The number of rotatable bonds is 4. The zero-order valence-electron chi connectivity index (χ0n) is 16.2. The highest BCUT2D eigenvalue weighted by molar-refractivity contribution is 7.85. The molecule has 2 aliphatic rings. The molecule has 4 rings (SSSR count). The van der Waals surface area contributed by atoms with Crippen LogP contribution in [-0.2, 0) is 25.2 Å². The largest absolute Gasteiger partial charge is 0.416 e. The predicted octanol–water partition coefficient (Wildman–Crippen LogP) is 4.68. The van der Waals surface area contributed by atoms with Crippen molar-refractivity contribution in [3.05, 3.63) is 65.2 Å². The number of anilines is 1. The molecule has 0 unspecified atom stereocenters. The smallest absolute Gasteiger partial charge is 0.378 e. The van der Waals surface area contributed by atoms with Crippen molar-refractivity contribution >= 4 is 15.8 Å². The van der Waals surface area contributed by atoms with E-state index >= 15 is 0 Å². The standard InChI is InChI=1S/C21H22F3NO4S/c1-30(26,27)28-12-15-8-9-16-19(13-5-3-2-4-6-13)25-18-10-7-14(21(22,23)24)11-17(18)20(16)29-15/h2-7,10-11,15-16,19-20,25H,8-9,12H2,1H3/t15-,16+,19+,20+/m1/s1. The number of hydrogen-bond donors (Lipinski definition) is 1. The molecule has 0 bridgehead atoms. The van der Waals surface area contributed by atoms with Crippen LogP contribution in [0.3, 0.4) is 0 Å². The fourth-order valence-corrected chi connectivity index (χ4v) is 4.64. The molecule has 1 saturated heterocycles. The molecule has 1 fully saturated rings. The Labute approximate surface area is 173 Å². The van der Waals surface area contributed by atoms with Crippen molar-refractivity contribution in [3.63, 3.8) is 0 Å². The quantitative estimate of drug-likeness (QED) is 0.698. The summed E-state index contributed by atoms with van der Waals surface area (Å²) in [6, 6.07) is 13.2. The van der Waals surface area contributed by atoms with Crippen molar-refractivity contribution in [2.75, 3.05) is 18.2 Å². The predicted molar refractivity (Wildman–Crippen MR) is 105 cm³/mol. The minimum Gasteiger partial charge on any atom is -0.378 e. The van der Waals surface area contributed by atoms with E-state index in [1.807, 2.05) is 30.3 Å². The second kappa shape index (κ2) is 7.86. The number of nitrogens with one attached hydrogen (secondary N) is 1. The van der Waals surface area contributed by atoms with E-state index in [4.69, 9.17) is 8.92 Å². The van der Waals surface area contributed by atoms with Gasteiger partial charge in [-0.2, -0.15) is 21.6 Å². The summed E-state index contributed by atoms with van der Waals surface area (Å²) in [6.07, 6.45) is -3.41. The lowest BCUT2D eigenvalue weighted by atomic mass is 9.76. The second-order valence-corrected chi connectivity index (χ2v) is 9.38. The van der Waals surface area contributed by atoms with E-state index in [0.29, 0.717) is 24.1 Å². The number of fused-ring (bicyclic) bond motifs is 3. The molecular formula is C21H22F3NO4S. The Kier molecular flexibility index (Phi) is 5.54. The first-order valence-electron chi connectivity index (χ1n) is 9.64. The van der Waals surface area contributed by atoms with Crippen molar-refractivity contribution in [2.24, 2.45) is 5.92 Å². The third kappa shape index (κ3) is 4.48. The molecule has 0 amide bonds. The van der Waals surface area contributed by atoms with Gasteiger partial charge in [0.2, 0.25) is 0 Å². The van der Waals surface area contributed by atoms with Gasteiger partial charge in [-0.15, -0.1) is 0 Å². The van der Waals surface area contributed by atoms with Crippen molar-refractivity contribution in [3.8, 4) is 0 Å². The van der Waals surface area contributed by atoms with E-state index in [2.05, 4.69) is 5.32 Å². The summed E-state index contributed by atoms with van der Waals surface area (Å²) < 4.78 is 73.6. The van der Waals surface area contributed by atoms with E-state index in [9.17, 15) is 21.6 Å². The molecule has 9 heteroatoms. The molecule has 30 heavy (non-hydrogen) atoms. The van der Waals surface area contributed by atoms with E-state index < -0.39 is 34.1 Å². The maximum absolute atomic E-state index is 13.3. The SMILES string of the molecule is CS(=O)(=O)OC[C@H]1CC[C@@H]2[C@H](O1)c1cc(C(F)(F)F)ccc1N[C@H]2c1ccccc1. The first-order chi connectivity index (χ1) is 14.1. The Morgan fingerprint density at radius 1 is 1.13 bits per heavy atom. The van der Waals surface area contributed by atoms with Crippen LogP contribution in [0.25, 0.3) is 0 Å². The highest BCUT2D eigenvalue weighted by atomic mass is 32.2. The third-order valence-corrected chi connectivity index (χ3v) is 6.17. The van der Waals surface area contributed by atoms with Crippen LogP contribution in [0.1, 0.15) is 41.7 Å². The van der Waals surface area contributed by atoms with Gasteiger partial charge in [-0.3, -0.25) is 4.18 Å². The maximum Gasteiger partial charge on any atom is 0.416 e. The summed E-state index contributed by atoms with van der Waals surface area (Å²) in [6.45, 7) is -0.153. The van der Waals surface area contributed by atoms with Crippen LogP contribution in [0.2, 0.25) is 0 Å². The van der Waals surface area contributed by atoms with E-state index in [1.54, 1.807) is 0 Å². The van der Waals surface area contributed by atoms with Gasteiger partial charge in [-0.1, -0.05) is 30.3 Å². The van der Waals surface area contributed by atoms with Crippen LogP contribution in [0.4, 0.5) is 18.9 Å². The van der Waals surface area contributed by atoms with Gasteiger partial charge < -0.3 is 10.1 Å². The van der Waals surface area contributed by atoms with Crippen LogP contribution in [-0.4, -0.2) is 27.4 Å². The summed E-state index contributed by atoms with van der Waals surface area (Å²) in [5, 5.41) is 3.39. The number of alkyl halides is 3. The molecule has 0 aliphatic carbocycles. The molecule has 4 atom stereocenters. The molecule has 2 aromatic rings. The van der Waals surface area contributed by atoms with Gasteiger partial charge in [-0.25, -0.2) is 0 Å². The molecular weight excluding hydrogens is 419 g/mol. The lowest BCUT2D eigenvalue weighted by molar-refractivity contribution is -0.138. The molecule has 0 aromatic heterocycles. The summed E-state index contributed by atoms with van der Waals surface area (Å²) in [5.74, 6) is -0.0992. The average Bonchev–Trinajstić information content (AvgIpc) is 2.70. The van der Waals surface area contributed by atoms with Crippen molar-refractivity contribution < 1.29 is 30.5 Å². The van der Waals surface area contributed by atoms with Crippen LogP contribution in [0.5, 0.6) is 0 Å². The van der Waals surface area contributed by atoms with E-state index in [-0.39, 0.29) is 18.6 Å². The summed E-state index contributed by atoms with van der Waals surface area (Å²) in [5.41, 5.74) is 1.31. The molecule has 0 radical (unpaired) electrons. The molecule has 2 aliphatic heterocycles. The van der Waals surface area contributed by atoms with Gasteiger partial charge >= 0.3 is 6.18 Å². The highest BCUT2D eigenvalue weighted by Gasteiger charge is 2.43. The van der Waals surface area contributed by atoms with Gasteiger partial charge in [0, 0.05) is 17.2 Å². The second-order valence-electron chi connectivity index (χ2n) is 7.74. The minimum absolute atomic E-state index is 0.0992. The van der Waals surface area contributed by atoms with Gasteiger partial charge in [0.15, 0.2) is 0 Å². The Morgan fingerprint density at radius 2 is 1.87 bits per heavy atom. The fourth-order valence-electron chi connectivity index (χ4n) is 4.24. The fraction of sp³-hybridized carbons (Fsp3) is 0.429. The Bertz CT molecular complexity index is 1010. The maximum atomic E-state index is 13.3. The molecule has 5 nitrogen and oxygen atoms in total. The number of hydrogen-bond acceptors (Lipinski definition) is 5. The molecule has 162 valence electrons. The molecule has 1 N–H and O–H groups in total. The molecule has 2 heterocycles. The van der Waals surface area contributed by atoms with Crippen molar-refractivity contribution in [1.29, 1.82) is 0 Å². The minimum atomic E-state index is -4.46. The average molecular weight is 441 g/mol. The lowest BCUT2D eigenvalue weighted by Crippen LogP contribution is -2.40. The topological polar surface area (TPSA) is 64.6 Å².